The SMILES string of the molecule is COc1ccc(Cl)cc1NC(C)(C)CC(=O)O. The summed E-state index contributed by atoms with van der Waals surface area (Å²) in [5.74, 6) is -0.226. The first-order chi connectivity index (χ1) is 7.84. The van der Waals surface area contributed by atoms with Gasteiger partial charge in [-0.1, -0.05) is 11.6 Å². The Labute approximate surface area is 106 Å². The summed E-state index contributed by atoms with van der Waals surface area (Å²) in [5.41, 5.74) is 0.107. The van der Waals surface area contributed by atoms with Crippen molar-refractivity contribution in [1.29, 1.82) is 0 Å². The molecule has 0 bridgehead atoms. The van der Waals surface area contributed by atoms with E-state index in [1.165, 1.54) is 0 Å². The molecule has 1 aromatic rings. The number of carboxylic acid groups (broad SMARTS) is 1. The summed E-state index contributed by atoms with van der Waals surface area (Å²) in [4.78, 5) is 10.7. The van der Waals surface area contributed by atoms with E-state index in [4.69, 9.17) is 21.4 Å². The molecule has 0 unspecified atom stereocenters. The number of hydrogen-bond donors (Lipinski definition) is 2. The monoisotopic (exact) mass is 257 g/mol. The van der Waals surface area contributed by atoms with E-state index in [0.29, 0.717) is 16.5 Å². The summed E-state index contributed by atoms with van der Waals surface area (Å²) < 4.78 is 5.18. The van der Waals surface area contributed by atoms with Crippen molar-refractivity contribution in [3.63, 3.8) is 0 Å². The second-order valence-corrected chi connectivity index (χ2v) is 4.86. The number of methoxy groups -OCH3 is 1. The summed E-state index contributed by atoms with van der Waals surface area (Å²) in [6, 6.07) is 5.17. The molecular formula is C12H16ClNO3. The van der Waals surface area contributed by atoms with Crippen LogP contribution in [0.15, 0.2) is 18.2 Å². The summed E-state index contributed by atoms with van der Waals surface area (Å²) in [6.07, 6.45) is 0.00265. The third-order valence-electron chi connectivity index (χ3n) is 2.23. The highest BCUT2D eigenvalue weighted by atomic mass is 35.5. The van der Waals surface area contributed by atoms with E-state index in [1.807, 2.05) is 13.8 Å². The van der Waals surface area contributed by atoms with E-state index in [2.05, 4.69) is 5.32 Å². The molecule has 1 aromatic carbocycles. The molecule has 2 N–H and O–H groups in total. The first-order valence-electron chi connectivity index (χ1n) is 5.17. The Hall–Kier alpha value is -1.42. The zero-order valence-electron chi connectivity index (χ0n) is 10.1. The number of halogens is 1. The summed E-state index contributed by atoms with van der Waals surface area (Å²) in [6.45, 7) is 3.61. The lowest BCUT2D eigenvalue weighted by Gasteiger charge is -2.26. The molecule has 0 heterocycles. The summed E-state index contributed by atoms with van der Waals surface area (Å²) in [7, 11) is 1.55. The zero-order valence-corrected chi connectivity index (χ0v) is 10.8. The predicted molar refractivity (Wildman–Crippen MR) is 68.0 cm³/mol. The highest BCUT2D eigenvalue weighted by Crippen LogP contribution is 2.30. The molecule has 0 saturated carbocycles. The molecule has 0 aliphatic carbocycles. The van der Waals surface area contributed by atoms with Gasteiger partial charge in [-0.25, -0.2) is 0 Å². The Kier molecular flexibility index (Phi) is 4.23. The van der Waals surface area contributed by atoms with Crippen LogP contribution in [0.1, 0.15) is 20.3 Å². The van der Waals surface area contributed by atoms with Gasteiger partial charge in [0, 0.05) is 10.6 Å². The first-order valence-corrected chi connectivity index (χ1v) is 5.55. The summed E-state index contributed by atoms with van der Waals surface area (Å²) >= 11 is 5.90. The number of ether oxygens (including phenoxy) is 1. The van der Waals surface area contributed by atoms with Gasteiger partial charge in [-0.2, -0.15) is 0 Å². The van der Waals surface area contributed by atoms with Crippen molar-refractivity contribution in [2.24, 2.45) is 0 Å². The van der Waals surface area contributed by atoms with Crippen LogP contribution < -0.4 is 10.1 Å². The number of nitrogens with one attached hydrogen (secondary N) is 1. The van der Waals surface area contributed by atoms with Gasteiger partial charge in [0.2, 0.25) is 0 Å². The number of carboxylic acids is 1. The maximum absolute atomic E-state index is 10.7. The number of carbonyl (C=O) groups is 1. The van der Waals surface area contributed by atoms with Crippen molar-refractivity contribution >= 4 is 23.3 Å². The van der Waals surface area contributed by atoms with Crippen LogP contribution in [-0.4, -0.2) is 23.7 Å². The van der Waals surface area contributed by atoms with Gasteiger partial charge in [0.15, 0.2) is 0 Å². The maximum atomic E-state index is 10.7. The fourth-order valence-electron chi connectivity index (χ4n) is 1.56. The quantitative estimate of drug-likeness (QED) is 0.851. The highest BCUT2D eigenvalue weighted by molar-refractivity contribution is 6.30. The van der Waals surface area contributed by atoms with E-state index < -0.39 is 11.5 Å². The smallest absolute Gasteiger partial charge is 0.305 e. The molecule has 0 fully saturated rings. The Bertz CT molecular complexity index is 418. The van der Waals surface area contributed by atoms with Crippen molar-refractivity contribution in [2.75, 3.05) is 12.4 Å². The second kappa shape index (κ2) is 5.27. The van der Waals surface area contributed by atoms with E-state index in [9.17, 15) is 4.79 Å². The lowest BCUT2D eigenvalue weighted by atomic mass is 10.0. The normalized spacial score (nSPS) is 11.1. The molecule has 94 valence electrons. The average molecular weight is 258 g/mol. The van der Waals surface area contributed by atoms with Gasteiger partial charge in [-0.15, -0.1) is 0 Å². The molecule has 1 rings (SSSR count). The minimum absolute atomic E-state index is 0.00265. The molecule has 0 amide bonds. The molecule has 17 heavy (non-hydrogen) atoms. The highest BCUT2D eigenvalue weighted by Gasteiger charge is 2.22. The predicted octanol–water partition coefficient (Wildman–Crippen LogP) is 3.01. The van der Waals surface area contributed by atoms with E-state index >= 15 is 0 Å². The first kappa shape index (κ1) is 13.6. The molecular weight excluding hydrogens is 242 g/mol. The van der Waals surface area contributed by atoms with Gasteiger partial charge >= 0.3 is 5.97 Å². The van der Waals surface area contributed by atoms with Crippen LogP contribution in [0, 0.1) is 0 Å². The molecule has 0 radical (unpaired) electrons. The Morgan fingerprint density at radius 1 is 1.53 bits per heavy atom. The molecule has 0 saturated heterocycles. The standard InChI is InChI=1S/C12H16ClNO3/c1-12(2,7-11(15)16)14-9-6-8(13)4-5-10(9)17-3/h4-6,14H,7H2,1-3H3,(H,15,16). The van der Waals surface area contributed by atoms with Crippen molar-refractivity contribution in [3.05, 3.63) is 23.2 Å². The lowest BCUT2D eigenvalue weighted by molar-refractivity contribution is -0.137. The Balaban J connectivity index is 2.93. The fourth-order valence-corrected chi connectivity index (χ4v) is 1.74. The van der Waals surface area contributed by atoms with Crippen LogP contribution in [-0.2, 0) is 4.79 Å². The zero-order chi connectivity index (χ0) is 13.1. The van der Waals surface area contributed by atoms with Gasteiger partial charge in [0.25, 0.3) is 0 Å². The number of rotatable bonds is 5. The topological polar surface area (TPSA) is 58.6 Å². The third kappa shape index (κ3) is 4.15. The minimum atomic E-state index is -0.858. The van der Waals surface area contributed by atoms with Crippen LogP contribution in [0.5, 0.6) is 5.75 Å². The second-order valence-electron chi connectivity index (χ2n) is 4.42. The third-order valence-corrected chi connectivity index (χ3v) is 2.46. The van der Waals surface area contributed by atoms with Crippen LogP contribution in [0.4, 0.5) is 5.69 Å². The van der Waals surface area contributed by atoms with Crippen LogP contribution in [0.2, 0.25) is 5.02 Å². The molecule has 0 aliphatic heterocycles. The average Bonchev–Trinajstić information content (AvgIpc) is 2.14. The largest absolute Gasteiger partial charge is 0.495 e. The molecule has 4 nitrogen and oxygen atoms in total. The van der Waals surface area contributed by atoms with Crippen molar-refractivity contribution in [1.82, 2.24) is 0 Å². The van der Waals surface area contributed by atoms with Crippen LogP contribution >= 0.6 is 11.6 Å². The van der Waals surface area contributed by atoms with Crippen molar-refractivity contribution in [3.8, 4) is 5.75 Å². The minimum Gasteiger partial charge on any atom is -0.495 e. The molecule has 0 aromatic heterocycles. The number of aliphatic carboxylic acids is 1. The lowest BCUT2D eigenvalue weighted by Crippen LogP contribution is -2.33. The van der Waals surface area contributed by atoms with E-state index in [1.54, 1.807) is 25.3 Å². The fraction of sp³-hybridized carbons (Fsp3) is 0.417. The van der Waals surface area contributed by atoms with E-state index in [0.717, 1.165) is 0 Å². The van der Waals surface area contributed by atoms with Crippen LogP contribution in [0.25, 0.3) is 0 Å². The van der Waals surface area contributed by atoms with Gasteiger partial charge < -0.3 is 15.2 Å². The molecule has 0 aliphatic rings. The van der Waals surface area contributed by atoms with Gasteiger partial charge in [0.1, 0.15) is 5.75 Å². The summed E-state index contributed by atoms with van der Waals surface area (Å²) in [5, 5.41) is 12.5. The van der Waals surface area contributed by atoms with Gasteiger partial charge in [-0.05, 0) is 32.0 Å². The number of benzene rings is 1. The van der Waals surface area contributed by atoms with Crippen molar-refractivity contribution < 1.29 is 14.6 Å². The van der Waals surface area contributed by atoms with Crippen LogP contribution in [0.3, 0.4) is 0 Å². The Morgan fingerprint density at radius 3 is 2.71 bits per heavy atom. The molecule has 5 heteroatoms. The Morgan fingerprint density at radius 2 is 2.18 bits per heavy atom. The maximum Gasteiger partial charge on any atom is 0.305 e. The number of anilines is 1. The molecule has 0 spiro atoms. The van der Waals surface area contributed by atoms with Gasteiger partial charge in [-0.3, -0.25) is 4.79 Å². The number of hydrogen-bond acceptors (Lipinski definition) is 3. The molecule has 0 atom stereocenters. The van der Waals surface area contributed by atoms with Crippen molar-refractivity contribution in [2.45, 2.75) is 25.8 Å². The van der Waals surface area contributed by atoms with E-state index in [-0.39, 0.29) is 6.42 Å². The van der Waals surface area contributed by atoms with Gasteiger partial charge in [0.05, 0.1) is 19.2 Å².